The van der Waals surface area contributed by atoms with Crippen LogP contribution >= 0.6 is 0 Å². The molecule has 1 saturated heterocycles. The second-order valence-electron chi connectivity index (χ2n) is 5.63. The van der Waals surface area contributed by atoms with Crippen molar-refractivity contribution in [3.8, 4) is 0 Å². The van der Waals surface area contributed by atoms with E-state index in [1.807, 2.05) is 6.92 Å². The second-order valence-corrected chi connectivity index (χ2v) is 7.33. The predicted octanol–water partition coefficient (Wildman–Crippen LogP) is 0.139. The average Bonchev–Trinajstić information content (AvgIpc) is 2.92. The van der Waals surface area contributed by atoms with Crippen molar-refractivity contribution in [1.82, 2.24) is 25.1 Å². The Morgan fingerprint density at radius 1 is 1.52 bits per heavy atom. The van der Waals surface area contributed by atoms with Crippen LogP contribution in [0.4, 0.5) is 0 Å². The molecule has 7 nitrogen and oxygen atoms in total. The molecule has 1 aliphatic heterocycles. The van der Waals surface area contributed by atoms with E-state index in [4.69, 9.17) is 0 Å². The zero-order valence-electron chi connectivity index (χ0n) is 12.7. The van der Waals surface area contributed by atoms with Crippen molar-refractivity contribution in [3.63, 3.8) is 0 Å². The van der Waals surface area contributed by atoms with Crippen LogP contribution in [-0.2, 0) is 16.6 Å². The number of rotatable bonds is 7. The molecule has 0 aliphatic carbocycles. The molecule has 1 atom stereocenters. The fourth-order valence-corrected chi connectivity index (χ4v) is 3.90. The van der Waals surface area contributed by atoms with Gasteiger partial charge in [-0.15, -0.1) is 0 Å². The number of sulfonamides is 1. The zero-order valence-corrected chi connectivity index (χ0v) is 13.5. The molecule has 0 aromatic carbocycles. The number of nitrogens with zero attached hydrogens (tertiary/aromatic N) is 2. The molecule has 1 aliphatic rings. The maximum atomic E-state index is 12.4. The number of nitrogens with one attached hydrogen (secondary N) is 3. The van der Waals surface area contributed by atoms with Gasteiger partial charge in [0.2, 0.25) is 0 Å². The summed E-state index contributed by atoms with van der Waals surface area (Å²) in [7, 11) is -1.45. The fourth-order valence-electron chi connectivity index (χ4n) is 2.66. The third-order valence-electron chi connectivity index (χ3n) is 3.80. The lowest BCUT2D eigenvalue weighted by molar-refractivity contribution is 0.211. The molecular weight excluding hydrogens is 290 g/mol. The van der Waals surface area contributed by atoms with Crippen LogP contribution in [0.25, 0.3) is 0 Å². The van der Waals surface area contributed by atoms with E-state index in [2.05, 4.69) is 32.2 Å². The van der Waals surface area contributed by atoms with Gasteiger partial charge >= 0.3 is 0 Å². The number of hydrogen-bond donors (Lipinski definition) is 3. The Bertz CT molecular complexity index is 543. The summed E-state index contributed by atoms with van der Waals surface area (Å²) in [5, 5.41) is 9.75. The molecule has 120 valence electrons. The zero-order chi connectivity index (χ0) is 15.3. The number of H-pyrrole nitrogens is 1. The minimum atomic E-state index is -3.52. The van der Waals surface area contributed by atoms with E-state index in [0.717, 1.165) is 32.5 Å². The second kappa shape index (κ2) is 7.35. The summed E-state index contributed by atoms with van der Waals surface area (Å²) in [6, 6.07) is 0. The van der Waals surface area contributed by atoms with E-state index in [1.54, 1.807) is 6.20 Å². The van der Waals surface area contributed by atoms with Gasteiger partial charge in [-0.05, 0) is 38.9 Å². The van der Waals surface area contributed by atoms with E-state index in [-0.39, 0.29) is 5.03 Å². The highest BCUT2D eigenvalue weighted by atomic mass is 32.2. The highest BCUT2D eigenvalue weighted by molar-refractivity contribution is 7.89. The van der Waals surface area contributed by atoms with Gasteiger partial charge in [-0.2, -0.15) is 5.10 Å². The van der Waals surface area contributed by atoms with Gasteiger partial charge in [-0.1, -0.05) is 6.92 Å². The van der Waals surface area contributed by atoms with E-state index in [0.29, 0.717) is 24.6 Å². The van der Waals surface area contributed by atoms with Crippen molar-refractivity contribution in [2.24, 2.45) is 5.92 Å². The standard InChI is InChI=1S/C13H25N5O2S/c1-3-14-8-12-9-15-17-13(12)21(19,20)16-7-11-5-4-6-18(2)10-11/h9,11,14,16H,3-8,10H2,1-2H3,(H,15,17). The predicted molar refractivity (Wildman–Crippen MR) is 81.4 cm³/mol. The van der Waals surface area contributed by atoms with Crippen LogP contribution in [0.1, 0.15) is 25.3 Å². The number of hydrogen-bond acceptors (Lipinski definition) is 5. The van der Waals surface area contributed by atoms with Crippen LogP contribution in [0.3, 0.4) is 0 Å². The lowest BCUT2D eigenvalue weighted by Crippen LogP contribution is -2.39. The molecule has 0 spiro atoms. The first-order valence-corrected chi connectivity index (χ1v) is 8.92. The molecular formula is C13H25N5O2S. The molecule has 2 heterocycles. The van der Waals surface area contributed by atoms with Gasteiger partial charge < -0.3 is 10.2 Å². The van der Waals surface area contributed by atoms with E-state index < -0.39 is 10.0 Å². The van der Waals surface area contributed by atoms with Crippen molar-refractivity contribution in [3.05, 3.63) is 11.8 Å². The summed E-state index contributed by atoms with van der Waals surface area (Å²) >= 11 is 0. The first kappa shape index (κ1) is 16.4. The molecule has 3 N–H and O–H groups in total. The molecule has 0 bridgehead atoms. The van der Waals surface area contributed by atoms with Crippen molar-refractivity contribution in [2.45, 2.75) is 31.3 Å². The van der Waals surface area contributed by atoms with Gasteiger partial charge in [-0.25, -0.2) is 13.1 Å². The van der Waals surface area contributed by atoms with E-state index >= 15 is 0 Å². The summed E-state index contributed by atoms with van der Waals surface area (Å²) in [4.78, 5) is 2.25. The third kappa shape index (κ3) is 4.50. The fraction of sp³-hybridized carbons (Fsp3) is 0.769. The quantitative estimate of drug-likeness (QED) is 0.666. The molecule has 1 aromatic heterocycles. The normalized spacial score (nSPS) is 20.8. The molecule has 0 saturated carbocycles. The Hall–Kier alpha value is -0.960. The molecule has 1 aromatic rings. The van der Waals surface area contributed by atoms with Crippen LogP contribution in [0.2, 0.25) is 0 Å². The van der Waals surface area contributed by atoms with Crippen molar-refractivity contribution >= 4 is 10.0 Å². The number of likely N-dealkylation sites (tertiary alicyclic amines) is 1. The smallest absolute Gasteiger partial charge is 0.257 e. The monoisotopic (exact) mass is 315 g/mol. The van der Waals surface area contributed by atoms with Crippen molar-refractivity contribution in [2.75, 3.05) is 33.2 Å². The number of aromatic amines is 1. The first-order chi connectivity index (χ1) is 10.0. The minimum Gasteiger partial charge on any atom is -0.313 e. The summed E-state index contributed by atoms with van der Waals surface area (Å²) in [5.74, 6) is 0.374. The SMILES string of the molecule is CCNCc1cn[nH]c1S(=O)(=O)NCC1CCCN(C)C1. The molecule has 21 heavy (non-hydrogen) atoms. The molecule has 8 heteroatoms. The molecule has 2 rings (SSSR count). The van der Waals surface area contributed by atoms with Crippen LogP contribution < -0.4 is 10.0 Å². The number of aromatic nitrogens is 2. The molecule has 0 radical (unpaired) electrons. The first-order valence-electron chi connectivity index (χ1n) is 7.44. The molecule has 1 fully saturated rings. The largest absolute Gasteiger partial charge is 0.313 e. The summed E-state index contributed by atoms with van der Waals surface area (Å²) < 4.78 is 27.5. The van der Waals surface area contributed by atoms with E-state index in [9.17, 15) is 8.42 Å². The van der Waals surface area contributed by atoms with Crippen molar-refractivity contribution < 1.29 is 8.42 Å². The van der Waals surface area contributed by atoms with Crippen LogP contribution in [0, 0.1) is 5.92 Å². The van der Waals surface area contributed by atoms with E-state index in [1.165, 1.54) is 0 Å². The average molecular weight is 315 g/mol. The Morgan fingerprint density at radius 2 is 2.33 bits per heavy atom. The third-order valence-corrected chi connectivity index (χ3v) is 5.23. The highest BCUT2D eigenvalue weighted by Crippen LogP contribution is 2.16. The Morgan fingerprint density at radius 3 is 3.05 bits per heavy atom. The maximum absolute atomic E-state index is 12.4. The van der Waals surface area contributed by atoms with Gasteiger partial charge in [0.15, 0.2) is 5.03 Å². The topological polar surface area (TPSA) is 90.1 Å². The van der Waals surface area contributed by atoms with Gasteiger partial charge in [0.25, 0.3) is 10.0 Å². The minimum absolute atomic E-state index is 0.174. The number of piperidine rings is 1. The van der Waals surface area contributed by atoms with Crippen LogP contribution in [0.15, 0.2) is 11.2 Å². The van der Waals surface area contributed by atoms with Gasteiger partial charge in [0.05, 0.1) is 6.20 Å². The maximum Gasteiger partial charge on any atom is 0.257 e. The Labute approximate surface area is 126 Å². The summed E-state index contributed by atoms with van der Waals surface area (Å²) in [5.41, 5.74) is 0.671. The summed E-state index contributed by atoms with van der Waals surface area (Å²) in [6.07, 6.45) is 3.75. The highest BCUT2D eigenvalue weighted by Gasteiger charge is 2.23. The van der Waals surface area contributed by atoms with Crippen LogP contribution in [0.5, 0.6) is 0 Å². The van der Waals surface area contributed by atoms with Gasteiger partial charge in [0, 0.05) is 25.2 Å². The van der Waals surface area contributed by atoms with Gasteiger partial charge in [-0.3, -0.25) is 5.10 Å². The lowest BCUT2D eigenvalue weighted by atomic mass is 9.99. The molecule has 1 unspecified atom stereocenters. The Balaban J connectivity index is 1.96. The summed E-state index contributed by atoms with van der Waals surface area (Å²) in [6.45, 7) is 5.77. The van der Waals surface area contributed by atoms with Gasteiger partial charge in [0.1, 0.15) is 0 Å². The van der Waals surface area contributed by atoms with Crippen LogP contribution in [-0.4, -0.2) is 56.7 Å². The lowest BCUT2D eigenvalue weighted by Gasteiger charge is -2.29. The Kier molecular flexibility index (Phi) is 5.74. The van der Waals surface area contributed by atoms with Crippen molar-refractivity contribution in [1.29, 1.82) is 0 Å². The molecule has 0 amide bonds.